The van der Waals surface area contributed by atoms with E-state index in [1.165, 1.54) is 11.8 Å². The average molecular weight is 469 g/mol. The van der Waals surface area contributed by atoms with Crippen LogP contribution in [0.25, 0.3) is 0 Å². The van der Waals surface area contributed by atoms with Gasteiger partial charge in [-0.2, -0.15) is 11.8 Å². The molecule has 0 fully saturated rings. The Labute approximate surface area is 189 Å². The number of rotatable bonds is 10. The summed E-state index contributed by atoms with van der Waals surface area (Å²) in [6, 6.07) is 12.7. The van der Waals surface area contributed by atoms with Crippen molar-refractivity contribution < 1.29 is 19.1 Å². The summed E-state index contributed by atoms with van der Waals surface area (Å²) < 4.78 is 5.11. The summed E-state index contributed by atoms with van der Waals surface area (Å²) in [6.45, 7) is -0.156. The van der Waals surface area contributed by atoms with Crippen molar-refractivity contribution in [1.29, 1.82) is 0 Å². The Morgan fingerprint density at radius 3 is 2.43 bits per heavy atom. The number of hydrogen-bond acceptors (Lipinski definition) is 5. The van der Waals surface area contributed by atoms with Gasteiger partial charge in [0.15, 0.2) is 6.61 Å². The normalized spacial score (nSPS) is 11.4. The molecule has 2 rings (SSSR count). The number of hydrogen-bond donors (Lipinski definition) is 2. The molecule has 0 aliphatic carbocycles. The maximum absolute atomic E-state index is 12.5. The van der Waals surface area contributed by atoms with Gasteiger partial charge in [-0.15, -0.1) is 0 Å². The average Bonchev–Trinajstić information content (AvgIpc) is 2.74. The highest BCUT2D eigenvalue weighted by molar-refractivity contribution is 7.98. The molecule has 160 valence electrons. The van der Waals surface area contributed by atoms with E-state index in [0.29, 0.717) is 17.2 Å². The van der Waals surface area contributed by atoms with E-state index in [4.69, 9.17) is 27.9 Å². The number of halogens is 2. The third-order valence-electron chi connectivity index (χ3n) is 4.07. The molecule has 0 aliphatic heterocycles. The lowest BCUT2D eigenvalue weighted by atomic mass is 10.1. The number of nitrogens with one attached hydrogen (secondary N) is 2. The van der Waals surface area contributed by atoms with Gasteiger partial charge in [-0.3, -0.25) is 9.59 Å². The van der Waals surface area contributed by atoms with E-state index in [1.54, 1.807) is 48.5 Å². The first-order valence-corrected chi connectivity index (χ1v) is 11.3. The zero-order valence-corrected chi connectivity index (χ0v) is 18.7. The lowest BCUT2D eigenvalue weighted by Crippen LogP contribution is -2.43. The second-order valence-electron chi connectivity index (χ2n) is 6.30. The van der Waals surface area contributed by atoms with Gasteiger partial charge in [0.25, 0.3) is 11.8 Å². The smallest absolute Gasteiger partial charge is 0.329 e. The zero-order valence-electron chi connectivity index (χ0n) is 16.3. The third kappa shape index (κ3) is 7.89. The Morgan fingerprint density at radius 2 is 1.77 bits per heavy atom. The summed E-state index contributed by atoms with van der Waals surface area (Å²) in [4.78, 5) is 36.9. The third-order valence-corrected chi connectivity index (χ3v) is 5.29. The zero-order chi connectivity index (χ0) is 21.9. The molecule has 0 aliphatic rings. The SMILES string of the molecule is CSCC[C@@H](NC(=O)c1ccccc1Cl)C(=O)OCC(=O)NCc1ccc(Cl)cc1. The Kier molecular flexibility index (Phi) is 10.00. The summed E-state index contributed by atoms with van der Waals surface area (Å²) in [6.07, 6.45) is 2.26. The summed E-state index contributed by atoms with van der Waals surface area (Å²) in [7, 11) is 0. The summed E-state index contributed by atoms with van der Waals surface area (Å²) in [5, 5.41) is 6.19. The van der Waals surface area contributed by atoms with Crippen LogP contribution in [-0.2, 0) is 20.9 Å². The van der Waals surface area contributed by atoms with Crippen molar-refractivity contribution in [2.75, 3.05) is 18.6 Å². The van der Waals surface area contributed by atoms with Gasteiger partial charge in [0.05, 0.1) is 10.6 Å². The van der Waals surface area contributed by atoms with Gasteiger partial charge in [-0.25, -0.2) is 4.79 Å². The van der Waals surface area contributed by atoms with Crippen molar-refractivity contribution in [3.63, 3.8) is 0 Å². The highest BCUT2D eigenvalue weighted by atomic mass is 35.5. The van der Waals surface area contributed by atoms with Crippen LogP contribution in [0.4, 0.5) is 0 Å². The molecule has 6 nitrogen and oxygen atoms in total. The Hall–Kier alpha value is -2.22. The molecule has 2 aromatic rings. The first-order valence-electron chi connectivity index (χ1n) is 9.13. The summed E-state index contributed by atoms with van der Waals surface area (Å²) in [5.41, 5.74) is 1.13. The fourth-order valence-corrected chi connectivity index (χ4v) is 3.28. The van der Waals surface area contributed by atoms with Crippen LogP contribution in [0.3, 0.4) is 0 Å². The fourth-order valence-electron chi connectivity index (χ4n) is 2.46. The van der Waals surface area contributed by atoms with Crippen LogP contribution in [-0.4, -0.2) is 42.4 Å². The van der Waals surface area contributed by atoms with Crippen molar-refractivity contribution in [3.05, 3.63) is 69.7 Å². The van der Waals surface area contributed by atoms with E-state index in [-0.39, 0.29) is 17.1 Å². The Morgan fingerprint density at radius 1 is 1.07 bits per heavy atom. The van der Waals surface area contributed by atoms with Crippen LogP contribution in [0.5, 0.6) is 0 Å². The van der Waals surface area contributed by atoms with Crippen LogP contribution < -0.4 is 10.6 Å². The molecule has 0 spiro atoms. The molecule has 0 aromatic heterocycles. The monoisotopic (exact) mass is 468 g/mol. The number of esters is 1. The van der Waals surface area contributed by atoms with E-state index in [9.17, 15) is 14.4 Å². The van der Waals surface area contributed by atoms with Crippen LogP contribution >= 0.6 is 35.0 Å². The van der Waals surface area contributed by atoms with Crippen LogP contribution in [0.2, 0.25) is 10.0 Å². The highest BCUT2D eigenvalue weighted by Crippen LogP contribution is 2.15. The lowest BCUT2D eigenvalue weighted by molar-refractivity contribution is -0.150. The molecule has 2 aromatic carbocycles. The number of benzene rings is 2. The minimum absolute atomic E-state index is 0.266. The highest BCUT2D eigenvalue weighted by Gasteiger charge is 2.24. The van der Waals surface area contributed by atoms with Crippen molar-refractivity contribution in [3.8, 4) is 0 Å². The molecule has 0 heterocycles. The second-order valence-corrected chi connectivity index (χ2v) is 8.13. The van der Waals surface area contributed by atoms with Gasteiger partial charge in [0.1, 0.15) is 6.04 Å². The molecular weight excluding hydrogens is 447 g/mol. The van der Waals surface area contributed by atoms with Gasteiger partial charge in [0.2, 0.25) is 0 Å². The molecular formula is C21H22Cl2N2O4S. The maximum atomic E-state index is 12.5. The largest absolute Gasteiger partial charge is 0.454 e. The predicted molar refractivity (Wildman–Crippen MR) is 120 cm³/mol. The van der Waals surface area contributed by atoms with E-state index in [0.717, 1.165) is 5.56 Å². The van der Waals surface area contributed by atoms with E-state index in [1.807, 2.05) is 6.26 Å². The molecule has 9 heteroatoms. The van der Waals surface area contributed by atoms with Gasteiger partial charge in [-0.05, 0) is 48.3 Å². The molecule has 0 saturated carbocycles. The van der Waals surface area contributed by atoms with Crippen LogP contribution in [0, 0.1) is 0 Å². The van der Waals surface area contributed by atoms with Gasteiger partial charge < -0.3 is 15.4 Å². The minimum Gasteiger partial charge on any atom is -0.454 e. The molecule has 0 saturated heterocycles. The van der Waals surface area contributed by atoms with Gasteiger partial charge >= 0.3 is 5.97 Å². The summed E-state index contributed by atoms with van der Waals surface area (Å²) >= 11 is 13.4. The number of amides is 2. The number of carbonyl (C=O) groups is 3. The van der Waals surface area contributed by atoms with E-state index in [2.05, 4.69) is 10.6 Å². The number of ether oxygens (including phenoxy) is 1. The lowest BCUT2D eigenvalue weighted by Gasteiger charge is -2.17. The van der Waals surface area contributed by atoms with Crippen molar-refractivity contribution in [2.45, 2.75) is 19.0 Å². The molecule has 0 radical (unpaired) electrons. The standard InChI is InChI=1S/C21H22Cl2N2O4S/c1-30-11-10-18(25-20(27)16-4-2-3-5-17(16)23)21(28)29-13-19(26)24-12-14-6-8-15(22)9-7-14/h2-9,18H,10-13H2,1H3,(H,24,26)(H,25,27)/t18-/m1/s1. The first-order chi connectivity index (χ1) is 14.4. The molecule has 2 amide bonds. The van der Waals surface area contributed by atoms with E-state index < -0.39 is 30.4 Å². The van der Waals surface area contributed by atoms with Crippen molar-refractivity contribution in [2.24, 2.45) is 0 Å². The minimum atomic E-state index is -0.884. The topological polar surface area (TPSA) is 84.5 Å². The first kappa shape index (κ1) is 24.1. The van der Waals surface area contributed by atoms with E-state index >= 15 is 0 Å². The van der Waals surface area contributed by atoms with Crippen molar-refractivity contribution >= 4 is 52.7 Å². The number of carbonyl (C=O) groups excluding carboxylic acids is 3. The van der Waals surface area contributed by atoms with Crippen LogP contribution in [0.15, 0.2) is 48.5 Å². The molecule has 0 bridgehead atoms. The second kappa shape index (κ2) is 12.5. The quantitative estimate of drug-likeness (QED) is 0.519. The molecule has 0 unspecified atom stereocenters. The fraction of sp³-hybridized carbons (Fsp3) is 0.286. The number of thioether (sulfide) groups is 1. The van der Waals surface area contributed by atoms with Gasteiger partial charge in [-0.1, -0.05) is 47.5 Å². The predicted octanol–water partition coefficient (Wildman–Crippen LogP) is 3.70. The van der Waals surface area contributed by atoms with Crippen LogP contribution in [0.1, 0.15) is 22.3 Å². The molecule has 1 atom stereocenters. The maximum Gasteiger partial charge on any atom is 0.329 e. The molecule has 2 N–H and O–H groups in total. The van der Waals surface area contributed by atoms with Gasteiger partial charge in [0, 0.05) is 11.6 Å². The molecule has 30 heavy (non-hydrogen) atoms. The van der Waals surface area contributed by atoms with Crippen molar-refractivity contribution in [1.82, 2.24) is 10.6 Å². The Bertz CT molecular complexity index is 878. The summed E-state index contributed by atoms with van der Waals surface area (Å²) in [5.74, 6) is -0.966. The Balaban J connectivity index is 1.87.